The molecule has 2 rings (SSSR count). The van der Waals surface area contributed by atoms with Crippen molar-refractivity contribution < 1.29 is 4.74 Å². The number of para-hydroxylation sites is 1. The number of pyridine rings is 1. The Kier molecular flexibility index (Phi) is 5.16. The van der Waals surface area contributed by atoms with Gasteiger partial charge in [0.1, 0.15) is 5.75 Å². The van der Waals surface area contributed by atoms with E-state index in [1.54, 1.807) is 7.11 Å². The topological polar surface area (TPSA) is 22.1 Å². The van der Waals surface area contributed by atoms with Crippen LogP contribution in [0.15, 0.2) is 48.7 Å². The fourth-order valence-electron chi connectivity index (χ4n) is 2.99. The fraction of sp³-hybridized carbons (Fsp3) is 0.389. The van der Waals surface area contributed by atoms with E-state index >= 15 is 0 Å². The summed E-state index contributed by atoms with van der Waals surface area (Å²) in [6, 6.07) is 14.5. The second kappa shape index (κ2) is 7.09. The van der Waals surface area contributed by atoms with Crippen LogP contribution in [0, 0.1) is 0 Å². The van der Waals surface area contributed by atoms with Gasteiger partial charge in [-0.05, 0) is 42.5 Å². The van der Waals surface area contributed by atoms with Crippen LogP contribution < -0.4 is 4.74 Å². The number of rotatable bonds is 6. The molecular formula is C18H23NO. The van der Waals surface area contributed by atoms with Crippen molar-refractivity contribution in [2.75, 3.05) is 7.11 Å². The third kappa shape index (κ3) is 3.01. The number of methoxy groups -OCH3 is 1. The molecule has 1 aromatic heterocycles. The third-order valence-corrected chi connectivity index (χ3v) is 3.97. The van der Waals surface area contributed by atoms with Gasteiger partial charge in [-0.1, -0.05) is 38.1 Å². The Balaban J connectivity index is 2.39. The van der Waals surface area contributed by atoms with Crippen LogP contribution in [-0.4, -0.2) is 12.1 Å². The lowest BCUT2D eigenvalue weighted by atomic mass is 9.80. The Morgan fingerprint density at radius 1 is 0.950 bits per heavy atom. The molecule has 2 nitrogen and oxygen atoms in total. The second-order valence-corrected chi connectivity index (χ2v) is 5.03. The summed E-state index contributed by atoms with van der Waals surface area (Å²) in [5.41, 5.74) is 2.46. The highest BCUT2D eigenvalue weighted by Gasteiger charge is 2.25. The van der Waals surface area contributed by atoms with Crippen molar-refractivity contribution in [3.05, 3.63) is 59.9 Å². The molecule has 0 aliphatic heterocycles. The summed E-state index contributed by atoms with van der Waals surface area (Å²) < 4.78 is 5.54. The van der Waals surface area contributed by atoms with Crippen molar-refractivity contribution in [2.24, 2.45) is 0 Å². The Bertz CT molecular complexity index is 524. The molecule has 2 heteroatoms. The molecular weight excluding hydrogens is 246 g/mol. The van der Waals surface area contributed by atoms with Crippen LogP contribution in [0.25, 0.3) is 0 Å². The van der Waals surface area contributed by atoms with Gasteiger partial charge in [-0.3, -0.25) is 4.98 Å². The van der Waals surface area contributed by atoms with Crippen LogP contribution in [0.5, 0.6) is 5.75 Å². The van der Waals surface area contributed by atoms with E-state index in [4.69, 9.17) is 4.74 Å². The average Bonchev–Trinajstić information content (AvgIpc) is 2.53. The number of benzene rings is 1. The summed E-state index contributed by atoms with van der Waals surface area (Å²) in [5.74, 6) is 1.84. The van der Waals surface area contributed by atoms with E-state index in [-0.39, 0.29) is 0 Å². The van der Waals surface area contributed by atoms with Crippen LogP contribution in [-0.2, 0) is 0 Å². The molecule has 0 amide bonds. The van der Waals surface area contributed by atoms with Crippen molar-refractivity contribution in [3.63, 3.8) is 0 Å². The monoisotopic (exact) mass is 269 g/mol. The summed E-state index contributed by atoms with van der Waals surface area (Å²) in [5, 5.41) is 0. The number of hydrogen-bond acceptors (Lipinski definition) is 2. The predicted octanol–water partition coefficient (Wildman–Crippen LogP) is 4.78. The van der Waals surface area contributed by atoms with Gasteiger partial charge in [0.25, 0.3) is 0 Å². The van der Waals surface area contributed by atoms with Crippen molar-refractivity contribution in [1.29, 1.82) is 0 Å². The van der Waals surface area contributed by atoms with Gasteiger partial charge in [0.2, 0.25) is 0 Å². The highest BCUT2D eigenvalue weighted by molar-refractivity contribution is 5.38. The Morgan fingerprint density at radius 2 is 1.65 bits per heavy atom. The van der Waals surface area contributed by atoms with Crippen LogP contribution >= 0.6 is 0 Å². The molecule has 0 aliphatic carbocycles. The molecule has 0 unspecified atom stereocenters. The van der Waals surface area contributed by atoms with Gasteiger partial charge in [-0.25, -0.2) is 0 Å². The zero-order valence-corrected chi connectivity index (χ0v) is 12.5. The van der Waals surface area contributed by atoms with Crippen molar-refractivity contribution in [2.45, 2.75) is 38.5 Å². The number of ether oxygens (including phenoxy) is 1. The van der Waals surface area contributed by atoms with Crippen molar-refractivity contribution in [3.8, 4) is 5.75 Å². The van der Waals surface area contributed by atoms with Gasteiger partial charge in [-0.15, -0.1) is 0 Å². The zero-order valence-electron chi connectivity index (χ0n) is 12.5. The standard InChI is InChI=1S/C18H23NO/c1-4-14(16-10-6-7-12-18(16)20-3)15(5-2)17-11-8-9-13-19-17/h6-15H,4-5H2,1-3H3/t14-,15+/m0/s1. The van der Waals surface area contributed by atoms with Gasteiger partial charge < -0.3 is 4.74 Å². The lowest BCUT2D eigenvalue weighted by Crippen LogP contribution is -2.12. The van der Waals surface area contributed by atoms with E-state index < -0.39 is 0 Å². The summed E-state index contributed by atoms with van der Waals surface area (Å²) in [6.45, 7) is 4.47. The maximum absolute atomic E-state index is 5.54. The molecule has 20 heavy (non-hydrogen) atoms. The minimum atomic E-state index is 0.428. The number of nitrogens with zero attached hydrogens (tertiary/aromatic N) is 1. The normalized spacial score (nSPS) is 13.8. The number of hydrogen-bond donors (Lipinski definition) is 0. The zero-order chi connectivity index (χ0) is 14.4. The van der Waals surface area contributed by atoms with Gasteiger partial charge in [0, 0.05) is 17.8 Å². The molecule has 0 saturated heterocycles. The molecule has 1 heterocycles. The van der Waals surface area contributed by atoms with E-state index in [0.717, 1.165) is 18.6 Å². The Morgan fingerprint density at radius 3 is 2.25 bits per heavy atom. The molecule has 0 saturated carbocycles. The van der Waals surface area contributed by atoms with E-state index in [1.165, 1.54) is 11.3 Å². The van der Waals surface area contributed by atoms with E-state index in [1.807, 2.05) is 24.4 Å². The minimum absolute atomic E-state index is 0.428. The Hall–Kier alpha value is -1.83. The first-order valence-electron chi connectivity index (χ1n) is 7.35. The fourth-order valence-corrected chi connectivity index (χ4v) is 2.99. The summed E-state index contributed by atoms with van der Waals surface area (Å²) in [7, 11) is 1.74. The largest absolute Gasteiger partial charge is 0.496 e. The smallest absolute Gasteiger partial charge is 0.122 e. The Labute approximate surface area is 121 Å². The molecule has 0 spiro atoms. The molecule has 2 aromatic rings. The summed E-state index contributed by atoms with van der Waals surface area (Å²) in [4.78, 5) is 4.56. The van der Waals surface area contributed by atoms with Gasteiger partial charge in [0.05, 0.1) is 7.11 Å². The SMILES string of the molecule is CC[C@H](c1ccccc1OC)[C@@H](CC)c1ccccn1. The molecule has 0 N–H and O–H groups in total. The molecule has 106 valence electrons. The highest BCUT2D eigenvalue weighted by Crippen LogP contribution is 2.40. The third-order valence-electron chi connectivity index (χ3n) is 3.97. The van der Waals surface area contributed by atoms with Crippen LogP contribution in [0.2, 0.25) is 0 Å². The quantitative estimate of drug-likeness (QED) is 0.753. The summed E-state index contributed by atoms with van der Waals surface area (Å²) >= 11 is 0. The van der Waals surface area contributed by atoms with Gasteiger partial charge >= 0.3 is 0 Å². The molecule has 1 aromatic carbocycles. The first kappa shape index (κ1) is 14.6. The van der Waals surface area contributed by atoms with Crippen LogP contribution in [0.4, 0.5) is 0 Å². The maximum Gasteiger partial charge on any atom is 0.122 e. The number of aromatic nitrogens is 1. The van der Waals surface area contributed by atoms with Crippen LogP contribution in [0.3, 0.4) is 0 Å². The maximum atomic E-state index is 5.54. The van der Waals surface area contributed by atoms with Crippen molar-refractivity contribution in [1.82, 2.24) is 4.98 Å². The van der Waals surface area contributed by atoms with Crippen molar-refractivity contribution >= 4 is 0 Å². The first-order chi connectivity index (χ1) is 9.81. The van der Waals surface area contributed by atoms with Crippen LogP contribution in [0.1, 0.15) is 49.8 Å². The van der Waals surface area contributed by atoms with E-state index in [9.17, 15) is 0 Å². The average molecular weight is 269 g/mol. The lowest BCUT2D eigenvalue weighted by Gasteiger charge is -2.26. The first-order valence-corrected chi connectivity index (χ1v) is 7.35. The highest BCUT2D eigenvalue weighted by atomic mass is 16.5. The lowest BCUT2D eigenvalue weighted by molar-refractivity contribution is 0.395. The van der Waals surface area contributed by atoms with E-state index in [2.05, 4.69) is 43.1 Å². The minimum Gasteiger partial charge on any atom is -0.496 e. The van der Waals surface area contributed by atoms with Gasteiger partial charge in [0.15, 0.2) is 0 Å². The predicted molar refractivity (Wildman–Crippen MR) is 83.3 cm³/mol. The summed E-state index contributed by atoms with van der Waals surface area (Å²) in [6.07, 6.45) is 4.04. The van der Waals surface area contributed by atoms with E-state index in [0.29, 0.717) is 11.8 Å². The molecule has 0 bridgehead atoms. The molecule has 0 radical (unpaired) electrons. The molecule has 0 aliphatic rings. The van der Waals surface area contributed by atoms with Gasteiger partial charge in [-0.2, -0.15) is 0 Å². The second-order valence-electron chi connectivity index (χ2n) is 5.03. The molecule has 2 atom stereocenters. The molecule has 0 fully saturated rings.